The summed E-state index contributed by atoms with van der Waals surface area (Å²) in [6, 6.07) is 0. The number of hydrogen-bond donors (Lipinski definition) is 1. The number of aliphatic carboxylic acids is 1. The Bertz CT molecular complexity index is 391. The molecule has 19 heavy (non-hydrogen) atoms. The summed E-state index contributed by atoms with van der Waals surface area (Å²) in [5.74, 6) is -1.41. The highest BCUT2D eigenvalue weighted by atomic mass is 16.4. The van der Waals surface area contributed by atoms with Gasteiger partial charge >= 0.3 is 5.97 Å². The van der Waals surface area contributed by atoms with Crippen molar-refractivity contribution in [1.29, 1.82) is 0 Å². The van der Waals surface area contributed by atoms with Crippen molar-refractivity contribution >= 4 is 17.8 Å². The van der Waals surface area contributed by atoms with Crippen molar-refractivity contribution in [3.63, 3.8) is 0 Å². The number of likely N-dealkylation sites (tertiary alicyclic amines) is 1. The predicted molar refractivity (Wildman–Crippen MR) is 70.3 cm³/mol. The van der Waals surface area contributed by atoms with Crippen LogP contribution in [-0.2, 0) is 14.4 Å². The number of amides is 2. The van der Waals surface area contributed by atoms with Crippen molar-refractivity contribution in [3.05, 3.63) is 0 Å². The van der Waals surface area contributed by atoms with Crippen LogP contribution >= 0.6 is 0 Å². The van der Waals surface area contributed by atoms with E-state index in [-0.39, 0.29) is 24.2 Å². The lowest BCUT2D eigenvalue weighted by Gasteiger charge is -2.26. The van der Waals surface area contributed by atoms with Gasteiger partial charge in [0.05, 0.1) is 11.3 Å². The summed E-state index contributed by atoms with van der Waals surface area (Å²) < 4.78 is 0. The third-order valence-electron chi connectivity index (χ3n) is 4.27. The Kier molecular flexibility index (Phi) is 4.71. The number of nitrogens with zero attached hydrogens (tertiary/aromatic N) is 1. The van der Waals surface area contributed by atoms with E-state index < -0.39 is 17.3 Å². The van der Waals surface area contributed by atoms with Crippen LogP contribution < -0.4 is 0 Å². The zero-order valence-corrected chi connectivity index (χ0v) is 12.1. The molecule has 0 spiro atoms. The van der Waals surface area contributed by atoms with E-state index in [0.717, 1.165) is 0 Å². The highest BCUT2D eigenvalue weighted by Crippen LogP contribution is 2.39. The highest BCUT2D eigenvalue weighted by Gasteiger charge is 2.49. The van der Waals surface area contributed by atoms with Gasteiger partial charge in [-0.15, -0.1) is 0 Å². The van der Waals surface area contributed by atoms with Gasteiger partial charge in [0, 0.05) is 13.0 Å². The smallest absolute Gasteiger partial charge is 0.306 e. The molecule has 2 unspecified atom stereocenters. The molecule has 0 saturated carbocycles. The number of carboxylic acid groups (broad SMARTS) is 1. The standard InChI is InChI=1S/C14H23NO4/c1-9(2)14(4)8-11(16)15(13(14)19)7-5-6-10(3)12(17)18/h9-10H,5-8H2,1-4H3,(H,17,18). The lowest BCUT2D eigenvalue weighted by Crippen LogP contribution is -2.37. The molecule has 0 aromatic heterocycles. The first-order chi connectivity index (χ1) is 8.70. The van der Waals surface area contributed by atoms with Crippen molar-refractivity contribution in [2.24, 2.45) is 17.3 Å². The summed E-state index contributed by atoms with van der Waals surface area (Å²) in [5, 5.41) is 8.79. The zero-order chi connectivity index (χ0) is 14.8. The Morgan fingerprint density at radius 1 is 1.37 bits per heavy atom. The van der Waals surface area contributed by atoms with Crippen LogP contribution in [0.3, 0.4) is 0 Å². The van der Waals surface area contributed by atoms with E-state index in [9.17, 15) is 14.4 Å². The summed E-state index contributed by atoms with van der Waals surface area (Å²) >= 11 is 0. The first-order valence-corrected chi connectivity index (χ1v) is 6.77. The van der Waals surface area contributed by atoms with Crippen molar-refractivity contribution in [2.75, 3.05) is 6.54 Å². The molecule has 0 aromatic carbocycles. The third-order valence-corrected chi connectivity index (χ3v) is 4.27. The summed E-state index contributed by atoms with van der Waals surface area (Å²) in [6.45, 7) is 7.69. The van der Waals surface area contributed by atoms with Crippen molar-refractivity contribution in [1.82, 2.24) is 4.90 Å². The quantitative estimate of drug-likeness (QED) is 0.747. The van der Waals surface area contributed by atoms with Gasteiger partial charge in [0.1, 0.15) is 0 Å². The van der Waals surface area contributed by atoms with E-state index in [0.29, 0.717) is 19.4 Å². The van der Waals surface area contributed by atoms with Gasteiger partial charge in [-0.2, -0.15) is 0 Å². The monoisotopic (exact) mass is 269 g/mol. The number of carboxylic acids is 1. The number of imide groups is 1. The number of rotatable bonds is 6. The fourth-order valence-corrected chi connectivity index (χ4v) is 2.26. The van der Waals surface area contributed by atoms with Crippen molar-refractivity contribution < 1.29 is 19.5 Å². The van der Waals surface area contributed by atoms with Gasteiger partial charge in [0.2, 0.25) is 11.8 Å². The van der Waals surface area contributed by atoms with Gasteiger partial charge in [-0.05, 0) is 25.7 Å². The fraction of sp³-hybridized carbons (Fsp3) is 0.786. The maximum atomic E-state index is 12.3. The molecule has 5 heteroatoms. The van der Waals surface area contributed by atoms with Crippen LogP contribution in [0.4, 0.5) is 0 Å². The van der Waals surface area contributed by atoms with Gasteiger partial charge in [0.15, 0.2) is 0 Å². The molecule has 2 atom stereocenters. The maximum Gasteiger partial charge on any atom is 0.306 e. The molecule has 5 nitrogen and oxygen atoms in total. The Labute approximate surface area is 114 Å². The van der Waals surface area contributed by atoms with Gasteiger partial charge in [-0.3, -0.25) is 19.3 Å². The summed E-state index contributed by atoms with van der Waals surface area (Å²) in [7, 11) is 0. The molecular formula is C14H23NO4. The van der Waals surface area contributed by atoms with Crippen LogP contribution in [0.5, 0.6) is 0 Å². The molecule has 0 radical (unpaired) electrons. The fourth-order valence-electron chi connectivity index (χ4n) is 2.26. The van der Waals surface area contributed by atoms with Gasteiger partial charge in [-0.25, -0.2) is 0 Å². The van der Waals surface area contributed by atoms with Crippen LogP contribution in [-0.4, -0.2) is 34.3 Å². The van der Waals surface area contributed by atoms with E-state index >= 15 is 0 Å². The van der Waals surface area contributed by atoms with Gasteiger partial charge in [-0.1, -0.05) is 20.8 Å². The molecule has 1 rings (SSSR count). The normalized spacial score (nSPS) is 25.2. The SMILES string of the molecule is CC(CCCN1C(=O)CC(C)(C(C)C)C1=O)C(=O)O. The minimum absolute atomic E-state index is 0.115. The largest absolute Gasteiger partial charge is 0.481 e. The van der Waals surface area contributed by atoms with E-state index in [1.54, 1.807) is 6.92 Å². The van der Waals surface area contributed by atoms with Gasteiger partial charge in [0.25, 0.3) is 0 Å². The Morgan fingerprint density at radius 2 is 1.95 bits per heavy atom. The summed E-state index contributed by atoms with van der Waals surface area (Å²) in [6.07, 6.45) is 1.28. The lowest BCUT2D eigenvalue weighted by molar-refractivity contribution is -0.142. The van der Waals surface area contributed by atoms with Crippen LogP contribution in [0.2, 0.25) is 0 Å². The van der Waals surface area contributed by atoms with Gasteiger partial charge < -0.3 is 5.11 Å². The van der Waals surface area contributed by atoms with Crippen LogP contribution in [0.15, 0.2) is 0 Å². The predicted octanol–water partition coefficient (Wildman–Crippen LogP) is 1.91. The van der Waals surface area contributed by atoms with Crippen LogP contribution in [0.25, 0.3) is 0 Å². The lowest BCUT2D eigenvalue weighted by atomic mass is 9.78. The minimum Gasteiger partial charge on any atom is -0.481 e. The molecule has 2 amide bonds. The van der Waals surface area contributed by atoms with Crippen molar-refractivity contribution in [2.45, 2.75) is 47.0 Å². The molecule has 0 aliphatic carbocycles. The average Bonchev–Trinajstić information content (AvgIpc) is 2.53. The van der Waals surface area contributed by atoms with Crippen LogP contribution in [0.1, 0.15) is 47.0 Å². The highest BCUT2D eigenvalue weighted by molar-refractivity contribution is 6.05. The second-order valence-electron chi connectivity index (χ2n) is 5.98. The molecule has 108 valence electrons. The zero-order valence-electron chi connectivity index (χ0n) is 12.1. The van der Waals surface area contributed by atoms with Crippen molar-refractivity contribution in [3.8, 4) is 0 Å². The molecule has 1 heterocycles. The third kappa shape index (κ3) is 3.14. The molecule has 1 aliphatic heterocycles. The molecular weight excluding hydrogens is 246 g/mol. The molecule has 0 aromatic rings. The van der Waals surface area contributed by atoms with E-state index in [1.807, 2.05) is 20.8 Å². The van der Waals surface area contributed by atoms with E-state index in [1.165, 1.54) is 4.90 Å². The molecule has 1 fully saturated rings. The maximum absolute atomic E-state index is 12.3. The first-order valence-electron chi connectivity index (χ1n) is 6.77. The topological polar surface area (TPSA) is 74.7 Å². The number of carbonyl (C=O) groups excluding carboxylic acids is 2. The summed E-state index contributed by atoms with van der Waals surface area (Å²) in [5.41, 5.74) is -0.602. The van der Waals surface area contributed by atoms with E-state index in [4.69, 9.17) is 5.11 Å². The molecule has 1 saturated heterocycles. The molecule has 1 N–H and O–H groups in total. The number of hydrogen-bond acceptors (Lipinski definition) is 3. The Balaban J connectivity index is 2.58. The van der Waals surface area contributed by atoms with E-state index in [2.05, 4.69) is 0 Å². The Hall–Kier alpha value is -1.39. The Morgan fingerprint density at radius 3 is 2.37 bits per heavy atom. The average molecular weight is 269 g/mol. The first kappa shape index (κ1) is 15.7. The van der Waals surface area contributed by atoms with Crippen LogP contribution in [0, 0.1) is 17.3 Å². The molecule has 1 aliphatic rings. The minimum atomic E-state index is -0.842. The molecule has 0 bridgehead atoms. The second kappa shape index (κ2) is 5.72. The second-order valence-corrected chi connectivity index (χ2v) is 5.98. The summed E-state index contributed by atoms with van der Waals surface area (Å²) in [4.78, 5) is 36.2. The number of carbonyl (C=O) groups is 3.